The van der Waals surface area contributed by atoms with Crippen molar-refractivity contribution in [3.05, 3.63) is 23.8 Å². The summed E-state index contributed by atoms with van der Waals surface area (Å²) in [5, 5.41) is 3.39. The van der Waals surface area contributed by atoms with Crippen LogP contribution in [0.3, 0.4) is 0 Å². The summed E-state index contributed by atoms with van der Waals surface area (Å²) < 4.78 is 5.92. The number of ether oxygens (including phenoxy) is 1. The Morgan fingerprint density at radius 2 is 1.90 bits per heavy atom. The molecule has 1 aliphatic heterocycles. The van der Waals surface area contributed by atoms with Gasteiger partial charge in [-0.25, -0.2) is 0 Å². The van der Waals surface area contributed by atoms with E-state index in [0.29, 0.717) is 5.41 Å². The van der Waals surface area contributed by atoms with Crippen molar-refractivity contribution >= 4 is 5.69 Å². The number of rotatable bonds is 4. The first-order valence-corrected chi connectivity index (χ1v) is 7.65. The van der Waals surface area contributed by atoms with E-state index in [-0.39, 0.29) is 0 Å². The first-order valence-electron chi connectivity index (χ1n) is 7.65. The van der Waals surface area contributed by atoms with Crippen molar-refractivity contribution in [2.24, 2.45) is 5.41 Å². The van der Waals surface area contributed by atoms with E-state index < -0.39 is 0 Å². The molecule has 0 bridgehead atoms. The van der Waals surface area contributed by atoms with Gasteiger partial charge in [0.1, 0.15) is 5.75 Å². The molecule has 1 aromatic carbocycles. The van der Waals surface area contributed by atoms with E-state index in [1.54, 1.807) is 0 Å². The molecule has 20 heavy (non-hydrogen) atoms. The highest BCUT2D eigenvalue weighted by Gasteiger charge is 2.13. The predicted molar refractivity (Wildman–Crippen MR) is 85.8 cm³/mol. The fourth-order valence-corrected chi connectivity index (χ4v) is 2.38. The van der Waals surface area contributed by atoms with E-state index in [0.717, 1.165) is 45.0 Å². The van der Waals surface area contributed by atoms with Crippen LogP contribution >= 0.6 is 0 Å². The number of hydrogen-bond acceptors (Lipinski definition) is 3. The van der Waals surface area contributed by atoms with Crippen molar-refractivity contribution in [1.82, 2.24) is 5.32 Å². The van der Waals surface area contributed by atoms with Gasteiger partial charge in [0, 0.05) is 31.9 Å². The fraction of sp³-hybridized carbons (Fsp3) is 0.647. The normalized spacial score (nSPS) is 16.3. The lowest BCUT2D eigenvalue weighted by Crippen LogP contribution is -2.43. The van der Waals surface area contributed by atoms with Crippen LogP contribution in [0.1, 0.15) is 32.8 Å². The monoisotopic (exact) mass is 276 g/mol. The molecule has 1 fully saturated rings. The first-order chi connectivity index (χ1) is 9.46. The lowest BCUT2D eigenvalue weighted by molar-refractivity contribution is 0.242. The van der Waals surface area contributed by atoms with Gasteiger partial charge in [0.2, 0.25) is 0 Å². The van der Waals surface area contributed by atoms with Crippen LogP contribution < -0.4 is 15.0 Å². The number of nitrogens with zero attached hydrogens (tertiary/aromatic N) is 1. The zero-order valence-electron chi connectivity index (χ0n) is 13.3. The standard InChI is InChI=1S/C17H28N2O/c1-14-13-15(19-10-8-18-9-11-19)5-6-16(14)20-12-7-17(2,3)4/h5-6,13,18H,7-12H2,1-4H3. The molecule has 0 spiro atoms. The molecule has 0 atom stereocenters. The van der Waals surface area contributed by atoms with Gasteiger partial charge in [0.05, 0.1) is 6.61 Å². The van der Waals surface area contributed by atoms with E-state index in [4.69, 9.17) is 4.74 Å². The van der Waals surface area contributed by atoms with Gasteiger partial charge in [-0.1, -0.05) is 20.8 Å². The quantitative estimate of drug-likeness (QED) is 0.914. The van der Waals surface area contributed by atoms with Crippen molar-refractivity contribution in [1.29, 1.82) is 0 Å². The van der Waals surface area contributed by atoms with E-state index in [9.17, 15) is 0 Å². The topological polar surface area (TPSA) is 24.5 Å². The Morgan fingerprint density at radius 3 is 2.50 bits per heavy atom. The minimum atomic E-state index is 0.328. The molecule has 0 radical (unpaired) electrons. The maximum Gasteiger partial charge on any atom is 0.122 e. The minimum absolute atomic E-state index is 0.328. The maximum absolute atomic E-state index is 5.92. The molecule has 1 saturated heterocycles. The summed E-state index contributed by atoms with van der Waals surface area (Å²) in [6.07, 6.45) is 1.08. The van der Waals surface area contributed by atoms with Crippen LogP contribution in [-0.2, 0) is 0 Å². The number of aryl methyl sites for hydroxylation is 1. The van der Waals surface area contributed by atoms with Crippen LogP contribution in [-0.4, -0.2) is 32.8 Å². The second kappa shape index (κ2) is 6.49. The Morgan fingerprint density at radius 1 is 1.20 bits per heavy atom. The third-order valence-electron chi connectivity index (χ3n) is 3.75. The van der Waals surface area contributed by atoms with Crippen LogP contribution in [0, 0.1) is 12.3 Å². The smallest absolute Gasteiger partial charge is 0.122 e. The summed E-state index contributed by atoms with van der Waals surface area (Å²) in [5.74, 6) is 1.02. The van der Waals surface area contributed by atoms with Crippen molar-refractivity contribution in [2.45, 2.75) is 34.1 Å². The van der Waals surface area contributed by atoms with Gasteiger partial charge >= 0.3 is 0 Å². The lowest BCUT2D eigenvalue weighted by Gasteiger charge is -2.30. The average molecular weight is 276 g/mol. The predicted octanol–water partition coefficient (Wildman–Crippen LogP) is 3.22. The Hall–Kier alpha value is -1.22. The molecule has 1 aliphatic rings. The molecule has 1 heterocycles. The van der Waals surface area contributed by atoms with Crippen LogP contribution in [0.25, 0.3) is 0 Å². The molecule has 3 heteroatoms. The number of anilines is 1. The van der Waals surface area contributed by atoms with E-state index >= 15 is 0 Å². The highest BCUT2D eigenvalue weighted by Crippen LogP contribution is 2.26. The van der Waals surface area contributed by atoms with Crippen LogP contribution in [0.4, 0.5) is 5.69 Å². The molecule has 0 aromatic heterocycles. The Labute approximate surface area is 123 Å². The van der Waals surface area contributed by atoms with Gasteiger partial charge in [0.15, 0.2) is 0 Å². The van der Waals surface area contributed by atoms with Crippen LogP contribution in [0.2, 0.25) is 0 Å². The summed E-state index contributed by atoms with van der Waals surface area (Å²) in [4.78, 5) is 2.43. The van der Waals surface area contributed by atoms with Crippen LogP contribution in [0.5, 0.6) is 5.75 Å². The second-order valence-electron chi connectivity index (χ2n) is 6.85. The SMILES string of the molecule is Cc1cc(N2CCNCC2)ccc1OCCC(C)(C)C. The first kappa shape index (κ1) is 15.2. The van der Waals surface area contributed by atoms with E-state index in [1.165, 1.54) is 11.3 Å². The van der Waals surface area contributed by atoms with E-state index in [2.05, 4.69) is 56.1 Å². The molecule has 0 saturated carbocycles. The molecule has 0 amide bonds. The van der Waals surface area contributed by atoms with Gasteiger partial charge in [-0.3, -0.25) is 0 Å². The molecule has 112 valence electrons. The number of hydrogen-bond donors (Lipinski definition) is 1. The summed E-state index contributed by atoms with van der Waals surface area (Å²) in [7, 11) is 0. The zero-order valence-corrected chi connectivity index (χ0v) is 13.3. The second-order valence-corrected chi connectivity index (χ2v) is 6.85. The van der Waals surface area contributed by atoms with Gasteiger partial charge in [-0.2, -0.15) is 0 Å². The summed E-state index contributed by atoms with van der Waals surface area (Å²) in [6.45, 7) is 14.0. The number of benzene rings is 1. The summed E-state index contributed by atoms with van der Waals surface area (Å²) >= 11 is 0. The highest BCUT2D eigenvalue weighted by atomic mass is 16.5. The van der Waals surface area contributed by atoms with E-state index in [1.807, 2.05) is 0 Å². The Bertz CT molecular complexity index is 431. The summed E-state index contributed by atoms with van der Waals surface area (Å²) in [5.41, 5.74) is 2.87. The number of piperazine rings is 1. The molecule has 2 rings (SSSR count). The Kier molecular flexibility index (Phi) is 4.92. The average Bonchev–Trinajstić information content (AvgIpc) is 2.40. The lowest BCUT2D eigenvalue weighted by atomic mass is 9.93. The largest absolute Gasteiger partial charge is 0.493 e. The van der Waals surface area contributed by atoms with Gasteiger partial charge in [-0.15, -0.1) is 0 Å². The van der Waals surface area contributed by atoms with Gasteiger partial charge < -0.3 is 15.0 Å². The van der Waals surface area contributed by atoms with Crippen molar-refractivity contribution in [3.8, 4) is 5.75 Å². The Balaban J connectivity index is 1.95. The van der Waals surface area contributed by atoms with Gasteiger partial charge in [0.25, 0.3) is 0 Å². The molecule has 3 nitrogen and oxygen atoms in total. The molecule has 0 aliphatic carbocycles. The molecule has 0 unspecified atom stereocenters. The molecule has 1 aromatic rings. The van der Waals surface area contributed by atoms with Gasteiger partial charge in [-0.05, 0) is 42.5 Å². The zero-order chi connectivity index (χ0) is 14.6. The van der Waals surface area contributed by atoms with Crippen molar-refractivity contribution in [2.75, 3.05) is 37.7 Å². The third-order valence-corrected chi connectivity index (χ3v) is 3.75. The highest BCUT2D eigenvalue weighted by molar-refractivity contribution is 5.53. The molecule has 1 N–H and O–H groups in total. The van der Waals surface area contributed by atoms with Crippen molar-refractivity contribution < 1.29 is 4.74 Å². The minimum Gasteiger partial charge on any atom is -0.493 e. The van der Waals surface area contributed by atoms with Crippen molar-refractivity contribution in [3.63, 3.8) is 0 Å². The summed E-state index contributed by atoms with van der Waals surface area (Å²) in [6, 6.07) is 6.55. The number of nitrogens with one attached hydrogen (secondary N) is 1. The molecular formula is C17H28N2O. The van der Waals surface area contributed by atoms with Crippen LogP contribution in [0.15, 0.2) is 18.2 Å². The maximum atomic E-state index is 5.92. The fourth-order valence-electron chi connectivity index (χ4n) is 2.38. The molecular weight excluding hydrogens is 248 g/mol. The third kappa shape index (κ3) is 4.41.